The first kappa shape index (κ1) is 7.79. The Labute approximate surface area is 70.3 Å². The van der Waals surface area contributed by atoms with E-state index in [4.69, 9.17) is 4.74 Å². The third kappa shape index (κ3) is 2.08. The second kappa shape index (κ2) is 3.76. The van der Waals surface area contributed by atoms with Crippen LogP contribution in [0.2, 0.25) is 0 Å². The highest BCUT2D eigenvalue weighted by Gasteiger charge is 2.21. The molecule has 1 fully saturated rings. The Morgan fingerprint density at radius 1 is 1.78 bits per heavy atom. The van der Waals surface area contributed by atoms with E-state index in [1.165, 1.54) is 19.3 Å². The molecular weight excluding hydrogens is 227 g/mol. The van der Waals surface area contributed by atoms with Crippen molar-refractivity contribution in [3.63, 3.8) is 0 Å². The first-order valence-corrected chi connectivity index (χ1v) is 4.85. The first-order valence-electron chi connectivity index (χ1n) is 3.60. The van der Waals surface area contributed by atoms with Gasteiger partial charge >= 0.3 is 0 Å². The number of rotatable bonds is 2. The van der Waals surface area contributed by atoms with Gasteiger partial charge in [-0.15, -0.1) is 0 Å². The van der Waals surface area contributed by atoms with E-state index >= 15 is 0 Å². The summed E-state index contributed by atoms with van der Waals surface area (Å²) in [6, 6.07) is 0. The second-order valence-corrected chi connectivity index (χ2v) is 4.08. The minimum absolute atomic E-state index is 0.565. The molecule has 0 N–H and O–H groups in total. The Bertz CT molecular complexity index is 79.0. The van der Waals surface area contributed by atoms with Gasteiger partial charge in [-0.25, -0.2) is 0 Å². The van der Waals surface area contributed by atoms with Crippen molar-refractivity contribution in [3.05, 3.63) is 0 Å². The molecule has 1 nitrogen and oxygen atoms in total. The average molecular weight is 240 g/mol. The lowest BCUT2D eigenvalue weighted by molar-refractivity contribution is 0.111. The van der Waals surface area contributed by atoms with E-state index < -0.39 is 0 Å². The van der Waals surface area contributed by atoms with Crippen molar-refractivity contribution in [2.24, 2.45) is 0 Å². The van der Waals surface area contributed by atoms with E-state index in [2.05, 4.69) is 29.5 Å². The third-order valence-corrected chi connectivity index (χ3v) is 3.44. The molecule has 1 saturated heterocycles. The molecule has 0 saturated carbocycles. The summed E-state index contributed by atoms with van der Waals surface area (Å²) in [4.78, 5) is 0. The van der Waals surface area contributed by atoms with Crippen LogP contribution in [-0.2, 0) is 4.74 Å². The number of hydrogen-bond acceptors (Lipinski definition) is 1. The van der Waals surface area contributed by atoms with Crippen LogP contribution in [-0.4, -0.2) is 16.6 Å². The van der Waals surface area contributed by atoms with Crippen LogP contribution in [0.4, 0.5) is 0 Å². The zero-order valence-electron chi connectivity index (χ0n) is 5.77. The summed E-state index contributed by atoms with van der Waals surface area (Å²) in [6.07, 6.45) is 4.35. The second-order valence-electron chi connectivity index (χ2n) is 2.48. The van der Waals surface area contributed by atoms with Gasteiger partial charge in [0.15, 0.2) is 0 Å². The molecule has 1 aliphatic heterocycles. The van der Waals surface area contributed by atoms with E-state index in [0.717, 1.165) is 10.5 Å². The Hall–Kier alpha value is 0.690. The standard InChI is InChI=1S/C7H13IO/c1-2-6(8)7-4-3-5-9-7/h6-7H,2-5H2,1H3. The van der Waals surface area contributed by atoms with Gasteiger partial charge in [-0.05, 0) is 19.3 Å². The van der Waals surface area contributed by atoms with Crippen LogP contribution < -0.4 is 0 Å². The summed E-state index contributed by atoms with van der Waals surface area (Å²) in [7, 11) is 0. The zero-order valence-corrected chi connectivity index (χ0v) is 7.93. The maximum absolute atomic E-state index is 5.50. The molecule has 0 bridgehead atoms. The fourth-order valence-corrected chi connectivity index (χ4v) is 1.72. The van der Waals surface area contributed by atoms with Crippen molar-refractivity contribution >= 4 is 22.6 Å². The van der Waals surface area contributed by atoms with E-state index in [9.17, 15) is 0 Å². The van der Waals surface area contributed by atoms with Gasteiger partial charge < -0.3 is 4.74 Å². The number of ether oxygens (including phenoxy) is 1. The molecule has 1 aliphatic rings. The van der Waals surface area contributed by atoms with Gasteiger partial charge in [-0.3, -0.25) is 0 Å². The lowest BCUT2D eigenvalue weighted by atomic mass is 10.1. The minimum atomic E-state index is 0.565. The number of alkyl halides is 1. The molecule has 54 valence electrons. The van der Waals surface area contributed by atoms with E-state index in [0.29, 0.717) is 6.10 Å². The third-order valence-electron chi connectivity index (χ3n) is 1.76. The highest BCUT2D eigenvalue weighted by atomic mass is 127. The fourth-order valence-electron chi connectivity index (χ4n) is 1.15. The van der Waals surface area contributed by atoms with Crippen LogP contribution in [0.25, 0.3) is 0 Å². The SMILES string of the molecule is CCC(I)C1CCCO1. The van der Waals surface area contributed by atoms with Crippen molar-refractivity contribution < 1.29 is 4.74 Å². The molecule has 0 aliphatic carbocycles. The van der Waals surface area contributed by atoms with Gasteiger partial charge in [0.1, 0.15) is 0 Å². The van der Waals surface area contributed by atoms with Crippen LogP contribution in [0.5, 0.6) is 0 Å². The van der Waals surface area contributed by atoms with Crippen LogP contribution in [0.15, 0.2) is 0 Å². The lowest BCUT2D eigenvalue weighted by Crippen LogP contribution is -2.17. The maximum Gasteiger partial charge on any atom is 0.0693 e. The van der Waals surface area contributed by atoms with Crippen molar-refractivity contribution in [2.75, 3.05) is 6.61 Å². The van der Waals surface area contributed by atoms with Crippen molar-refractivity contribution in [2.45, 2.75) is 36.2 Å². The first-order chi connectivity index (χ1) is 4.34. The molecule has 2 atom stereocenters. The highest BCUT2D eigenvalue weighted by molar-refractivity contribution is 14.1. The molecule has 0 amide bonds. The van der Waals surface area contributed by atoms with Gasteiger partial charge in [0, 0.05) is 10.5 Å². The molecular formula is C7H13IO. The minimum Gasteiger partial charge on any atom is -0.377 e. The molecule has 2 unspecified atom stereocenters. The molecule has 0 aromatic heterocycles. The molecule has 0 radical (unpaired) electrons. The summed E-state index contributed by atoms with van der Waals surface area (Å²) < 4.78 is 6.24. The summed E-state index contributed by atoms with van der Waals surface area (Å²) in [6.45, 7) is 3.21. The molecule has 1 heterocycles. The summed E-state index contributed by atoms with van der Waals surface area (Å²) in [5.74, 6) is 0. The Morgan fingerprint density at radius 3 is 3.00 bits per heavy atom. The molecule has 9 heavy (non-hydrogen) atoms. The maximum atomic E-state index is 5.50. The van der Waals surface area contributed by atoms with Gasteiger partial charge in [0.05, 0.1) is 6.10 Å². The van der Waals surface area contributed by atoms with E-state index in [-0.39, 0.29) is 0 Å². The van der Waals surface area contributed by atoms with E-state index in [1.807, 2.05) is 0 Å². The molecule has 0 aromatic carbocycles. The predicted octanol–water partition coefficient (Wildman–Crippen LogP) is 2.38. The van der Waals surface area contributed by atoms with Crippen LogP contribution >= 0.6 is 22.6 Å². The smallest absolute Gasteiger partial charge is 0.0693 e. The zero-order chi connectivity index (χ0) is 6.69. The topological polar surface area (TPSA) is 9.23 Å². The van der Waals surface area contributed by atoms with Crippen molar-refractivity contribution in [1.29, 1.82) is 0 Å². The summed E-state index contributed by atoms with van der Waals surface area (Å²) >= 11 is 2.48. The Morgan fingerprint density at radius 2 is 2.56 bits per heavy atom. The van der Waals surface area contributed by atoms with E-state index in [1.54, 1.807) is 0 Å². The summed E-state index contributed by atoms with van der Waals surface area (Å²) in [5, 5.41) is 0. The average Bonchev–Trinajstić information content (AvgIpc) is 2.37. The molecule has 1 rings (SSSR count). The fraction of sp³-hybridized carbons (Fsp3) is 1.00. The Kier molecular flexibility index (Phi) is 3.26. The molecule has 0 spiro atoms. The van der Waals surface area contributed by atoms with Gasteiger partial charge in [-0.1, -0.05) is 29.5 Å². The number of hydrogen-bond donors (Lipinski definition) is 0. The van der Waals surface area contributed by atoms with Crippen LogP contribution in [0, 0.1) is 0 Å². The normalized spacial score (nSPS) is 30.7. The Balaban J connectivity index is 2.24. The quantitative estimate of drug-likeness (QED) is 0.532. The summed E-state index contributed by atoms with van der Waals surface area (Å²) in [5.41, 5.74) is 0. The largest absolute Gasteiger partial charge is 0.377 e. The molecule has 2 heteroatoms. The monoisotopic (exact) mass is 240 g/mol. The molecule has 0 aromatic rings. The van der Waals surface area contributed by atoms with Gasteiger partial charge in [-0.2, -0.15) is 0 Å². The number of halogens is 1. The van der Waals surface area contributed by atoms with Gasteiger partial charge in [0.2, 0.25) is 0 Å². The van der Waals surface area contributed by atoms with Crippen molar-refractivity contribution in [1.82, 2.24) is 0 Å². The predicted molar refractivity (Wildman–Crippen MR) is 47.1 cm³/mol. The van der Waals surface area contributed by atoms with Crippen LogP contribution in [0.3, 0.4) is 0 Å². The highest BCUT2D eigenvalue weighted by Crippen LogP contribution is 2.22. The van der Waals surface area contributed by atoms with Crippen LogP contribution in [0.1, 0.15) is 26.2 Å². The lowest BCUT2D eigenvalue weighted by Gasteiger charge is -2.13. The van der Waals surface area contributed by atoms with Gasteiger partial charge in [0.25, 0.3) is 0 Å². The van der Waals surface area contributed by atoms with Crippen molar-refractivity contribution in [3.8, 4) is 0 Å².